The van der Waals surface area contributed by atoms with Crippen LogP contribution in [0.25, 0.3) is 11.3 Å². The highest BCUT2D eigenvalue weighted by atomic mass is 32.1. The van der Waals surface area contributed by atoms with E-state index in [1.807, 2.05) is 35.2 Å². The number of hydrogen-bond acceptors (Lipinski definition) is 4. The fourth-order valence-electron chi connectivity index (χ4n) is 2.95. The second kappa shape index (κ2) is 7.57. The lowest BCUT2D eigenvalue weighted by Gasteiger charge is -2.19. The summed E-state index contributed by atoms with van der Waals surface area (Å²) in [5, 5.41) is 7.81. The van der Waals surface area contributed by atoms with Crippen LogP contribution in [0.2, 0.25) is 0 Å². The van der Waals surface area contributed by atoms with Crippen molar-refractivity contribution in [1.82, 2.24) is 15.2 Å². The zero-order valence-electron chi connectivity index (χ0n) is 13.3. The van der Waals surface area contributed by atoms with E-state index in [-0.39, 0.29) is 6.03 Å². The van der Waals surface area contributed by atoms with Gasteiger partial charge in [-0.3, -0.25) is 0 Å². The Morgan fingerprint density at radius 1 is 1.39 bits per heavy atom. The number of aromatic nitrogens is 1. The van der Waals surface area contributed by atoms with Gasteiger partial charge in [-0.25, -0.2) is 9.78 Å². The number of benzene rings is 1. The predicted octanol–water partition coefficient (Wildman–Crippen LogP) is 3.42. The van der Waals surface area contributed by atoms with Gasteiger partial charge in [0.1, 0.15) is 0 Å². The van der Waals surface area contributed by atoms with Gasteiger partial charge in [0.2, 0.25) is 0 Å². The number of anilines is 1. The molecule has 1 aliphatic heterocycles. The Kier molecular flexibility index (Phi) is 5.25. The Bertz CT molecular complexity index is 627. The lowest BCUT2D eigenvalue weighted by atomic mass is 10.1. The summed E-state index contributed by atoms with van der Waals surface area (Å²) in [6, 6.07) is 8.20. The number of hydrogen-bond donors (Lipinski definition) is 2. The number of rotatable bonds is 5. The Labute approximate surface area is 140 Å². The molecule has 0 unspecified atom stereocenters. The van der Waals surface area contributed by atoms with Crippen LogP contribution in [0, 0.1) is 0 Å². The maximum Gasteiger partial charge on any atom is 0.319 e. The molecule has 122 valence electrons. The number of carbonyl (C=O) groups is 1. The molecule has 2 amide bonds. The Balaban J connectivity index is 1.44. The Morgan fingerprint density at radius 2 is 2.22 bits per heavy atom. The van der Waals surface area contributed by atoms with E-state index < -0.39 is 0 Å². The predicted molar refractivity (Wildman–Crippen MR) is 94.8 cm³/mol. The first kappa shape index (κ1) is 16.0. The zero-order valence-corrected chi connectivity index (χ0v) is 14.1. The van der Waals surface area contributed by atoms with Crippen LogP contribution < -0.4 is 10.6 Å². The highest BCUT2D eigenvalue weighted by molar-refractivity contribution is 7.07. The van der Waals surface area contributed by atoms with Crippen LogP contribution in [0.15, 0.2) is 35.2 Å². The largest absolute Gasteiger partial charge is 0.338 e. The first-order valence-corrected chi connectivity index (χ1v) is 8.90. The van der Waals surface area contributed by atoms with Crippen LogP contribution in [0.4, 0.5) is 10.5 Å². The van der Waals surface area contributed by atoms with Crippen molar-refractivity contribution in [2.75, 3.05) is 25.5 Å². The second-order valence-corrected chi connectivity index (χ2v) is 6.62. The third kappa shape index (κ3) is 4.30. The molecule has 0 spiro atoms. The summed E-state index contributed by atoms with van der Waals surface area (Å²) in [7, 11) is 2.15. The van der Waals surface area contributed by atoms with E-state index in [1.165, 1.54) is 19.4 Å². The molecule has 6 heteroatoms. The summed E-state index contributed by atoms with van der Waals surface area (Å²) >= 11 is 1.57. The van der Waals surface area contributed by atoms with Gasteiger partial charge in [-0.15, -0.1) is 11.3 Å². The van der Waals surface area contributed by atoms with Gasteiger partial charge in [0, 0.05) is 29.2 Å². The summed E-state index contributed by atoms with van der Waals surface area (Å²) in [6.07, 6.45) is 3.50. The monoisotopic (exact) mass is 330 g/mol. The minimum atomic E-state index is -0.146. The molecule has 0 bridgehead atoms. The summed E-state index contributed by atoms with van der Waals surface area (Å²) in [5.74, 6) is 0. The van der Waals surface area contributed by atoms with E-state index in [4.69, 9.17) is 0 Å². The SMILES string of the molecule is CN1CCC[C@@H]1CCNC(=O)Nc1ccc(-c2cscn2)cc1. The summed E-state index contributed by atoms with van der Waals surface area (Å²) < 4.78 is 0. The molecule has 1 aromatic heterocycles. The lowest BCUT2D eigenvalue weighted by molar-refractivity contribution is 0.248. The number of amides is 2. The van der Waals surface area contributed by atoms with E-state index in [9.17, 15) is 4.79 Å². The Morgan fingerprint density at radius 3 is 2.87 bits per heavy atom. The van der Waals surface area contributed by atoms with Crippen molar-refractivity contribution in [3.8, 4) is 11.3 Å². The minimum absolute atomic E-state index is 0.146. The lowest BCUT2D eigenvalue weighted by Crippen LogP contribution is -2.34. The fourth-order valence-corrected chi connectivity index (χ4v) is 3.51. The zero-order chi connectivity index (χ0) is 16.1. The summed E-state index contributed by atoms with van der Waals surface area (Å²) in [6.45, 7) is 1.87. The number of urea groups is 1. The van der Waals surface area contributed by atoms with Gasteiger partial charge < -0.3 is 15.5 Å². The van der Waals surface area contributed by atoms with Crippen LogP contribution in [-0.2, 0) is 0 Å². The van der Waals surface area contributed by atoms with Crippen molar-refractivity contribution in [1.29, 1.82) is 0 Å². The van der Waals surface area contributed by atoms with Gasteiger partial charge in [0.05, 0.1) is 11.2 Å². The van der Waals surface area contributed by atoms with Gasteiger partial charge >= 0.3 is 6.03 Å². The first-order chi connectivity index (χ1) is 11.2. The molecule has 1 saturated heterocycles. The maximum absolute atomic E-state index is 11.9. The highest BCUT2D eigenvalue weighted by Gasteiger charge is 2.20. The number of nitrogens with one attached hydrogen (secondary N) is 2. The van der Waals surface area contributed by atoms with Crippen molar-refractivity contribution < 1.29 is 4.79 Å². The van der Waals surface area contributed by atoms with Crippen molar-refractivity contribution in [3.05, 3.63) is 35.2 Å². The molecule has 1 atom stereocenters. The first-order valence-electron chi connectivity index (χ1n) is 7.96. The molecule has 2 N–H and O–H groups in total. The quantitative estimate of drug-likeness (QED) is 0.883. The molecule has 1 aliphatic rings. The van der Waals surface area contributed by atoms with E-state index in [2.05, 4.69) is 27.6 Å². The summed E-state index contributed by atoms with van der Waals surface area (Å²) in [4.78, 5) is 18.6. The van der Waals surface area contributed by atoms with Crippen LogP contribution >= 0.6 is 11.3 Å². The van der Waals surface area contributed by atoms with E-state index in [0.29, 0.717) is 12.6 Å². The third-order valence-electron chi connectivity index (χ3n) is 4.31. The molecular weight excluding hydrogens is 308 g/mol. The molecule has 2 aromatic rings. The molecule has 5 nitrogen and oxygen atoms in total. The molecule has 0 radical (unpaired) electrons. The molecule has 0 aliphatic carbocycles. The van der Waals surface area contributed by atoms with Crippen molar-refractivity contribution in [3.63, 3.8) is 0 Å². The van der Waals surface area contributed by atoms with Crippen molar-refractivity contribution >= 4 is 23.1 Å². The van der Waals surface area contributed by atoms with Gasteiger partial charge in [-0.2, -0.15) is 0 Å². The van der Waals surface area contributed by atoms with Crippen LogP contribution in [0.5, 0.6) is 0 Å². The molecule has 23 heavy (non-hydrogen) atoms. The molecule has 0 saturated carbocycles. The van der Waals surface area contributed by atoms with Gasteiger partial charge in [-0.05, 0) is 45.0 Å². The van der Waals surface area contributed by atoms with E-state index >= 15 is 0 Å². The van der Waals surface area contributed by atoms with Gasteiger partial charge in [0.25, 0.3) is 0 Å². The average molecular weight is 330 g/mol. The van der Waals surface area contributed by atoms with Crippen molar-refractivity contribution in [2.45, 2.75) is 25.3 Å². The van der Waals surface area contributed by atoms with Crippen LogP contribution in [0.3, 0.4) is 0 Å². The average Bonchev–Trinajstić information content (AvgIpc) is 3.20. The minimum Gasteiger partial charge on any atom is -0.338 e. The number of carbonyl (C=O) groups excluding carboxylic acids is 1. The maximum atomic E-state index is 11.9. The van der Waals surface area contributed by atoms with Gasteiger partial charge in [-0.1, -0.05) is 12.1 Å². The Hall–Kier alpha value is -1.92. The molecule has 1 fully saturated rings. The fraction of sp³-hybridized carbons (Fsp3) is 0.412. The smallest absolute Gasteiger partial charge is 0.319 e. The van der Waals surface area contributed by atoms with E-state index in [0.717, 1.165) is 23.4 Å². The molecular formula is C17H22N4OS. The second-order valence-electron chi connectivity index (χ2n) is 5.90. The number of nitrogens with zero attached hydrogens (tertiary/aromatic N) is 2. The normalized spacial score (nSPS) is 18.0. The van der Waals surface area contributed by atoms with Crippen LogP contribution in [0.1, 0.15) is 19.3 Å². The summed E-state index contributed by atoms with van der Waals surface area (Å²) in [5.41, 5.74) is 4.63. The van der Waals surface area contributed by atoms with Crippen LogP contribution in [-0.4, -0.2) is 42.1 Å². The number of likely N-dealkylation sites (tertiary alicyclic amines) is 1. The molecule has 1 aromatic carbocycles. The standard InChI is InChI=1S/C17H22N4OS/c1-21-10-2-3-15(21)8-9-18-17(22)20-14-6-4-13(5-7-14)16-11-23-12-19-16/h4-7,11-12,15H,2-3,8-10H2,1H3,(H2,18,20,22)/t15-/m1/s1. The third-order valence-corrected chi connectivity index (χ3v) is 4.89. The molecule has 2 heterocycles. The topological polar surface area (TPSA) is 57.3 Å². The number of thiazole rings is 1. The van der Waals surface area contributed by atoms with E-state index in [1.54, 1.807) is 11.3 Å². The highest BCUT2D eigenvalue weighted by Crippen LogP contribution is 2.21. The van der Waals surface area contributed by atoms with Gasteiger partial charge in [0.15, 0.2) is 0 Å². The van der Waals surface area contributed by atoms with Crippen molar-refractivity contribution in [2.24, 2.45) is 0 Å². The molecule has 3 rings (SSSR count).